The zero-order valence-electron chi connectivity index (χ0n) is 12.3. The van der Waals surface area contributed by atoms with Crippen LogP contribution in [0.4, 0.5) is 11.4 Å². The minimum Gasteiger partial charge on any atom is -0.397 e. The van der Waals surface area contributed by atoms with Crippen LogP contribution in [0.1, 0.15) is 13.8 Å². The van der Waals surface area contributed by atoms with E-state index < -0.39 is 0 Å². The molecule has 1 saturated heterocycles. The van der Waals surface area contributed by atoms with Crippen molar-refractivity contribution in [3.63, 3.8) is 0 Å². The van der Waals surface area contributed by atoms with Gasteiger partial charge in [-0.1, -0.05) is 19.1 Å². The third-order valence-corrected chi connectivity index (χ3v) is 4.00. The molecule has 0 spiro atoms. The Morgan fingerprint density at radius 3 is 2.55 bits per heavy atom. The van der Waals surface area contributed by atoms with Gasteiger partial charge < -0.3 is 16.0 Å². The lowest BCUT2D eigenvalue weighted by Gasteiger charge is -2.36. The minimum absolute atomic E-state index is 0.00727. The van der Waals surface area contributed by atoms with E-state index >= 15 is 0 Å². The number of nitrogens with two attached hydrogens (primary N) is 1. The monoisotopic (exact) mass is 276 g/mol. The summed E-state index contributed by atoms with van der Waals surface area (Å²) in [5, 5.41) is 2.91. The molecule has 110 valence electrons. The average molecular weight is 276 g/mol. The second kappa shape index (κ2) is 6.72. The third kappa shape index (κ3) is 3.49. The largest absolute Gasteiger partial charge is 0.397 e. The number of carbonyl (C=O) groups excluding carboxylic acids is 1. The molecule has 1 heterocycles. The number of amides is 1. The van der Waals surface area contributed by atoms with Crippen LogP contribution in [-0.4, -0.2) is 54.5 Å². The van der Waals surface area contributed by atoms with Crippen LogP contribution < -0.4 is 11.1 Å². The summed E-state index contributed by atoms with van der Waals surface area (Å²) in [6, 6.07) is 7.22. The number of para-hydroxylation sites is 2. The molecular weight excluding hydrogens is 252 g/mol. The van der Waals surface area contributed by atoms with Crippen LogP contribution in [0.15, 0.2) is 24.3 Å². The number of hydrogen-bond acceptors (Lipinski definition) is 4. The fraction of sp³-hybridized carbons (Fsp3) is 0.533. The number of anilines is 2. The molecule has 3 N–H and O–H groups in total. The summed E-state index contributed by atoms with van der Waals surface area (Å²) in [4.78, 5) is 16.9. The summed E-state index contributed by atoms with van der Waals surface area (Å²) in [5.74, 6) is 0.00727. The Morgan fingerprint density at radius 1 is 1.30 bits per heavy atom. The Balaban J connectivity index is 1.91. The van der Waals surface area contributed by atoms with E-state index in [0.717, 1.165) is 32.7 Å². The molecular formula is C15H24N4O. The van der Waals surface area contributed by atoms with Gasteiger partial charge in [-0.05, 0) is 25.6 Å². The van der Waals surface area contributed by atoms with Gasteiger partial charge in [-0.3, -0.25) is 9.69 Å². The van der Waals surface area contributed by atoms with Gasteiger partial charge in [0.05, 0.1) is 17.4 Å². The number of hydrogen-bond donors (Lipinski definition) is 2. The van der Waals surface area contributed by atoms with Gasteiger partial charge in [-0.2, -0.15) is 0 Å². The third-order valence-electron chi connectivity index (χ3n) is 4.00. The van der Waals surface area contributed by atoms with E-state index in [0.29, 0.717) is 11.4 Å². The van der Waals surface area contributed by atoms with Crippen LogP contribution in [0.2, 0.25) is 0 Å². The van der Waals surface area contributed by atoms with Gasteiger partial charge >= 0.3 is 0 Å². The molecule has 1 aromatic rings. The molecule has 20 heavy (non-hydrogen) atoms. The van der Waals surface area contributed by atoms with E-state index in [1.165, 1.54) is 0 Å². The molecule has 0 radical (unpaired) electrons. The predicted molar refractivity (Wildman–Crippen MR) is 82.6 cm³/mol. The van der Waals surface area contributed by atoms with Crippen LogP contribution in [-0.2, 0) is 4.79 Å². The molecule has 0 saturated carbocycles. The van der Waals surface area contributed by atoms with E-state index in [1.807, 2.05) is 25.1 Å². The summed E-state index contributed by atoms with van der Waals surface area (Å²) in [7, 11) is 0. The highest BCUT2D eigenvalue weighted by atomic mass is 16.2. The van der Waals surface area contributed by atoms with Gasteiger partial charge in [0, 0.05) is 26.2 Å². The standard InChI is InChI=1S/C15H24N4O/c1-3-18-8-10-19(11-9-18)12(2)15(20)17-14-7-5-4-6-13(14)16/h4-7,12H,3,8-11,16H2,1-2H3,(H,17,20). The highest BCUT2D eigenvalue weighted by Crippen LogP contribution is 2.17. The Morgan fingerprint density at radius 2 is 1.95 bits per heavy atom. The van der Waals surface area contributed by atoms with Gasteiger partial charge in [-0.15, -0.1) is 0 Å². The zero-order valence-corrected chi connectivity index (χ0v) is 12.3. The molecule has 1 fully saturated rings. The smallest absolute Gasteiger partial charge is 0.241 e. The summed E-state index contributed by atoms with van der Waals surface area (Å²) in [5.41, 5.74) is 7.14. The number of nitrogens with one attached hydrogen (secondary N) is 1. The molecule has 1 unspecified atom stereocenters. The predicted octanol–water partition coefficient (Wildman–Crippen LogP) is 1.23. The highest BCUT2D eigenvalue weighted by molar-refractivity contribution is 5.97. The van der Waals surface area contributed by atoms with Crippen molar-refractivity contribution in [2.45, 2.75) is 19.9 Å². The minimum atomic E-state index is -0.131. The van der Waals surface area contributed by atoms with Crippen molar-refractivity contribution in [1.82, 2.24) is 9.80 Å². The summed E-state index contributed by atoms with van der Waals surface area (Å²) in [6.45, 7) is 9.14. The van der Waals surface area contributed by atoms with Crippen LogP contribution in [0.25, 0.3) is 0 Å². The van der Waals surface area contributed by atoms with Crippen molar-refractivity contribution < 1.29 is 4.79 Å². The molecule has 5 heteroatoms. The summed E-state index contributed by atoms with van der Waals surface area (Å²) >= 11 is 0. The van der Waals surface area contributed by atoms with E-state index in [2.05, 4.69) is 22.0 Å². The number of likely N-dealkylation sites (N-methyl/N-ethyl adjacent to an activating group) is 1. The number of piperazine rings is 1. The number of benzene rings is 1. The fourth-order valence-electron chi connectivity index (χ4n) is 2.48. The molecule has 1 aromatic carbocycles. The van der Waals surface area contributed by atoms with E-state index in [-0.39, 0.29) is 11.9 Å². The molecule has 0 aliphatic carbocycles. The number of rotatable bonds is 4. The molecule has 0 aromatic heterocycles. The first-order chi connectivity index (χ1) is 9.61. The fourth-order valence-corrected chi connectivity index (χ4v) is 2.48. The van der Waals surface area contributed by atoms with Gasteiger partial charge in [0.2, 0.25) is 5.91 Å². The average Bonchev–Trinajstić information content (AvgIpc) is 2.49. The van der Waals surface area contributed by atoms with Gasteiger partial charge in [0.1, 0.15) is 0 Å². The zero-order chi connectivity index (χ0) is 14.5. The Hall–Kier alpha value is -1.59. The Bertz CT molecular complexity index is 455. The van der Waals surface area contributed by atoms with E-state index in [1.54, 1.807) is 6.07 Å². The summed E-state index contributed by atoms with van der Waals surface area (Å²) in [6.07, 6.45) is 0. The van der Waals surface area contributed by atoms with Gasteiger partial charge in [0.15, 0.2) is 0 Å². The Labute approximate surface area is 120 Å². The van der Waals surface area contributed by atoms with Crippen molar-refractivity contribution in [3.05, 3.63) is 24.3 Å². The molecule has 1 aliphatic heterocycles. The first-order valence-corrected chi connectivity index (χ1v) is 7.23. The normalized spacial score (nSPS) is 18.7. The SMILES string of the molecule is CCN1CCN(C(C)C(=O)Nc2ccccc2N)CC1. The number of nitrogens with zero attached hydrogens (tertiary/aromatic N) is 2. The van der Waals surface area contributed by atoms with Crippen LogP contribution in [0.3, 0.4) is 0 Å². The van der Waals surface area contributed by atoms with Crippen molar-refractivity contribution in [3.8, 4) is 0 Å². The van der Waals surface area contributed by atoms with Crippen molar-refractivity contribution in [2.24, 2.45) is 0 Å². The lowest BCUT2D eigenvalue weighted by atomic mass is 10.2. The topological polar surface area (TPSA) is 61.6 Å². The lowest BCUT2D eigenvalue weighted by Crippen LogP contribution is -2.52. The molecule has 5 nitrogen and oxygen atoms in total. The second-order valence-electron chi connectivity index (χ2n) is 5.22. The van der Waals surface area contributed by atoms with E-state index in [9.17, 15) is 4.79 Å². The molecule has 2 rings (SSSR count). The quantitative estimate of drug-likeness (QED) is 0.812. The lowest BCUT2D eigenvalue weighted by molar-refractivity contribution is -0.121. The van der Waals surface area contributed by atoms with Gasteiger partial charge in [-0.25, -0.2) is 0 Å². The van der Waals surface area contributed by atoms with E-state index in [4.69, 9.17) is 5.73 Å². The molecule has 1 amide bonds. The maximum Gasteiger partial charge on any atom is 0.241 e. The molecule has 1 atom stereocenters. The first-order valence-electron chi connectivity index (χ1n) is 7.23. The first kappa shape index (κ1) is 14.8. The number of carbonyl (C=O) groups is 1. The summed E-state index contributed by atoms with van der Waals surface area (Å²) < 4.78 is 0. The molecule has 1 aliphatic rings. The molecule has 0 bridgehead atoms. The number of nitrogen functional groups attached to an aromatic ring is 1. The van der Waals surface area contributed by atoms with Gasteiger partial charge in [0.25, 0.3) is 0 Å². The van der Waals surface area contributed by atoms with Crippen LogP contribution >= 0.6 is 0 Å². The van der Waals surface area contributed by atoms with Crippen LogP contribution in [0.5, 0.6) is 0 Å². The maximum absolute atomic E-state index is 12.3. The van der Waals surface area contributed by atoms with Crippen molar-refractivity contribution in [1.29, 1.82) is 0 Å². The second-order valence-corrected chi connectivity index (χ2v) is 5.22. The van der Waals surface area contributed by atoms with Crippen molar-refractivity contribution >= 4 is 17.3 Å². The highest BCUT2D eigenvalue weighted by Gasteiger charge is 2.25. The van der Waals surface area contributed by atoms with Crippen LogP contribution in [0, 0.1) is 0 Å². The Kier molecular flexibility index (Phi) is 4.98. The van der Waals surface area contributed by atoms with Crippen molar-refractivity contribution in [2.75, 3.05) is 43.8 Å². The maximum atomic E-state index is 12.3.